The first-order valence-electron chi connectivity index (χ1n) is 10.5. The second kappa shape index (κ2) is 8.60. The van der Waals surface area contributed by atoms with E-state index in [-0.39, 0.29) is 5.91 Å². The monoisotopic (exact) mass is 453 g/mol. The van der Waals surface area contributed by atoms with Crippen molar-refractivity contribution in [1.29, 1.82) is 0 Å². The zero-order chi connectivity index (χ0) is 22.9. The molecule has 0 unspecified atom stereocenters. The number of nitrogens with one attached hydrogen (secondary N) is 2. The second-order valence-corrected chi connectivity index (χ2v) is 8.72. The van der Waals surface area contributed by atoms with Crippen LogP contribution in [0.1, 0.15) is 6.92 Å². The Morgan fingerprint density at radius 1 is 0.970 bits per heavy atom. The van der Waals surface area contributed by atoms with E-state index in [4.69, 9.17) is 0 Å². The van der Waals surface area contributed by atoms with Crippen LogP contribution in [0.3, 0.4) is 0 Å². The van der Waals surface area contributed by atoms with Crippen molar-refractivity contribution in [2.75, 3.05) is 16.9 Å². The summed E-state index contributed by atoms with van der Waals surface area (Å²) in [7, 11) is 2.05. The molecule has 0 radical (unpaired) electrons. The maximum atomic E-state index is 11.5. The Morgan fingerprint density at radius 3 is 2.64 bits per heavy atom. The molecule has 0 fully saturated rings. The average molecular weight is 454 g/mol. The minimum atomic E-state index is -0.0998. The number of hydrogen-bond acceptors (Lipinski definition) is 5. The molecular formula is C26H23N5OS. The molecule has 0 bridgehead atoms. The molecular weight excluding hydrogens is 430 g/mol. The fraction of sp³-hybridized carbons (Fsp3) is 0.115. The van der Waals surface area contributed by atoms with Crippen LogP contribution >= 0.6 is 11.8 Å². The van der Waals surface area contributed by atoms with Gasteiger partial charge in [-0.1, -0.05) is 12.1 Å². The molecule has 2 N–H and O–H groups in total. The molecule has 0 aliphatic heterocycles. The predicted molar refractivity (Wildman–Crippen MR) is 137 cm³/mol. The minimum absolute atomic E-state index is 0.0998. The Labute approximate surface area is 196 Å². The maximum Gasteiger partial charge on any atom is 0.221 e. The van der Waals surface area contributed by atoms with Crippen molar-refractivity contribution in [1.82, 2.24) is 14.5 Å². The first-order chi connectivity index (χ1) is 16.0. The molecule has 0 aliphatic rings. The number of amides is 1. The molecule has 5 aromatic rings. The molecule has 2 heterocycles. The number of thioether (sulfide) groups is 1. The number of rotatable bonds is 5. The molecule has 33 heavy (non-hydrogen) atoms. The van der Waals surface area contributed by atoms with E-state index in [9.17, 15) is 4.79 Å². The summed E-state index contributed by atoms with van der Waals surface area (Å²) in [5, 5.41) is 7.59. The summed E-state index contributed by atoms with van der Waals surface area (Å²) in [6, 6.07) is 18.5. The first kappa shape index (κ1) is 21.0. The quantitative estimate of drug-likeness (QED) is 0.310. The van der Waals surface area contributed by atoms with Crippen molar-refractivity contribution < 1.29 is 4.79 Å². The topological polar surface area (TPSA) is 71.8 Å². The maximum absolute atomic E-state index is 11.5. The molecule has 6 nitrogen and oxygen atoms in total. The van der Waals surface area contributed by atoms with Gasteiger partial charge in [0.05, 0.1) is 16.7 Å². The molecule has 0 atom stereocenters. The number of carbonyl (C=O) groups excluding carboxylic acids is 1. The van der Waals surface area contributed by atoms with Crippen LogP contribution in [0.2, 0.25) is 0 Å². The molecule has 3 aromatic carbocycles. The van der Waals surface area contributed by atoms with Crippen LogP contribution in [0.25, 0.3) is 33.1 Å². The van der Waals surface area contributed by atoms with Gasteiger partial charge in [0.15, 0.2) is 0 Å². The Kier molecular flexibility index (Phi) is 5.48. The molecule has 1 amide bonds. The highest BCUT2D eigenvalue weighted by Crippen LogP contribution is 2.35. The van der Waals surface area contributed by atoms with Gasteiger partial charge in [-0.25, -0.2) is 0 Å². The fourth-order valence-electron chi connectivity index (χ4n) is 4.04. The molecule has 0 spiro atoms. The normalized spacial score (nSPS) is 11.1. The largest absolute Gasteiger partial charge is 0.354 e. The molecule has 5 rings (SSSR count). The van der Waals surface area contributed by atoms with Crippen molar-refractivity contribution in [3.63, 3.8) is 0 Å². The van der Waals surface area contributed by atoms with E-state index in [2.05, 4.69) is 61.7 Å². The molecule has 0 aliphatic carbocycles. The molecule has 7 heteroatoms. The third-order valence-electron chi connectivity index (χ3n) is 5.57. The lowest BCUT2D eigenvalue weighted by Gasteiger charge is -2.15. The van der Waals surface area contributed by atoms with Gasteiger partial charge >= 0.3 is 0 Å². The van der Waals surface area contributed by atoms with Gasteiger partial charge in [-0.3, -0.25) is 14.8 Å². The lowest BCUT2D eigenvalue weighted by atomic mass is 10.0. The first-order valence-corrected chi connectivity index (χ1v) is 11.8. The zero-order valence-electron chi connectivity index (χ0n) is 18.6. The number of carbonyl (C=O) groups is 1. The van der Waals surface area contributed by atoms with Crippen LogP contribution in [0.5, 0.6) is 0 Å². The van der Waals surface area contributed by atoms with Crippen molar-refractivity contribution in [3.8, 4) is 11.1 Å². The molecule has 2 aromatic heterocycles. The summed E-state index contributed by atoms with van der Waals surface area (Å²) < 4.78 is 2.12. The number of aromatic nitrogens is 3. The summed E-state index contributed by atoms with van der Waals surface area (Å²) in [4.78, 5) is 21.8. The number of benzene rings is 3. The van der Waals surface area contributed by atoms with E-state index in [0.717, 1.165) is 49.6 Å². The summed E-state index contributed by atoms with van der Waals surface area (Å²) in [6.07, 6.45) is 7.53. The number of nitrogens with zero attached hydrogens (tertiary/aromatic N) is 3. The van der Waals surface area contributed by atoms with E-state index in [1.165, 1.54) is 12.3 Å². The van der Waals surface area contributed by atoms with Gasteiger partial charge in [-0.05, 0) is 59.7 Å². The SMILES string of the molecule is CSc1ccc(NC(C)=O)cc1Nc1cc(-c2ccc3ccn(C)c3c2)c2nccnc2c1. The standard InChI is InChI=1S/C26H23N5OS/c1-16(32)29-19-6-7-25(33-3)22(14-19)30-20-13-21(26-23(15-20)27-9-10-28-26)18-5-4-17-8-11-31(2)24(17)12-18/h4-15,30H,1-3H3,(H,29,32). The van der Waals surface area contributed by atoms with E-state index in [0.29, 0.717) is 0 Å². The number of anilines is 3. The van der Waals surface area contributed by atoms with Gasteiger partial charge in [0.1, 0.15) is 0 Å². The summed E-state index contributed by atoms with van der Waals surface area (Å²) in [5.41, 5.74) is 7.49. The van der Waals surface area contributed by atoms with Gasteiger partial charge < -0.3 is 15.2 Å². The van der Waals surface area contributed by atoms with Crippen molar-refractivity contribution >= 4 is 56.7 Å². The van der Waals surface area contributed by atoms with Crippen LogP contribution in [0.15, 0.2) is 78.1 Å². The van der Waals surface area contributed by atoms with Crippen LogP contribution in [0, 0.1) is 0 Å². The molecule has 164 valence electrons. The van der Waals surface area contributed by atoms with E-state index < -0.39 is 0 Å². The summed E-state index contributed by atoms with van der Waals surface area (Å²) >= 11 is 1.64. The highest BCUT2D eigenvalue weighted by Gasteiger charge is 2.12. The van der Waals surface area contributed by atoms with Gasteiger partial charge in [-0.2, -0.15) is 0 Å². The zero-order valence-corrected chi connectivity index (χ0v) is 19.4. The van der Waals surface area contributed by atoms with E-state index in [1.807, 2.05) is 37.6 Å². The lowest BCUT2D eigenvalue weighted by molar-refractivity contribution is -0.114. The van der Waals surface area contributed by atoms with Crippen molar-refractivity contribution in [3.05, 3.63) is 73.2 Å². The Bertz CT molecular complexity index is 1510. The Morgan fingerprint density at radius 2 is 1.82 bits per heavy atom. The third kappa shape index (κ3) is 4.15. The molecule has 0 saturated heterocycles. The summed E-state index contributed by atoms with van der Waals surface area (Å²) in [6.45, 7) is 1.51. The Balaban J connectivity index is 1.63. The minimum Gasteiger partial charge on any atom is -0.354 e. The van der Waals surface area contributed by atoms with Gasteiger partial charge in [0.2, 0.25) is 5.91 Å². The highest BCUT2D eigenvalue weighted by molar-refractivity contribution is 7.98. The van der Waals surface area contributed by atoms with Gasteiger partial charge in [0.25, 0.3) is 0 Å². The van der Waals surface area contributed by atoms with Crippen molar-refractivity contribution in [2.24, 2.45) is 7.05 Å². The van der Waals surface area contributed by atoms with E-state index in [1.54, 1.807) is 24.2 Å². The van der Waals surface area contributed by atoms with Gasteiger partial charge in [0, 0.05) is 59.9 Å². The van der Waals surface area contributed by atoms with Crippen LogP contribution in [-0.2, 0) is 11.8 Å². The lowest BCUT2D eigenvalue weighted by Crippen LogP contribution is -2.06. The number of aryl methyl sites for hydroxylation is 1. The molecule has 0 saturated carbocycles. The smallest absolute Gasteiger partial charge is 0.221 e. The fourth-order valence-corrected chi connectivity index (χ4v) is 4.57. The predicted octanol–water partition coefficient (Wildman–Crippen LogP) is 6.21. The van der Waals surface area contributed by atoms with Crippen LogP contribution < -0.4 is 10.6 Å². The summed E-state index contributed by atoms with van der Waals surface area (Å²) in [5.74, 6) is -0.0998. The second-order valence-electron chi connectivity index (χ2n) is 7.87. The van der Waals surface area contributed by atoms with Crippen LogP contribution in [0.4, 0.5) is 17.1 Å². The van der Waals surface area contributed by atoms with Gasteiger partial charge in [-0.15, -0.1) is 11.8 Å². The number of fused-ring (bicyclic) bond motifs is 2. The average Bonchev–Trinajstić information content (AvgIpc) is 3.18. The van der Waals surface area contributed by atoms with Crippen molar-refractivity contribution in [2.45, 2.75) is 11.8 Å². The van der Waals surface area contributed by atoms with Crippen LogP contribution in [-0.4, -0.2) is 26.7 Å². The number of hydrogen-bond donors (Lipinski definition) is 2. The third-order valence-corrected chi connectivity index (χ3v) is 6.37. The van der Waals surface area contributed by atoms with E-state index >= 15 is 0 Å². The highest BCUT2D eigenvalue weighted by atomic mass is 32.2. The Hall–Kier alpha value is -3.84.